The van der Waals surface area contributed by atoms with E-state index in [-0.39, 0.29) is 17.9 Å². The maximum Gasteiger partial charge on any atom is 0.335 e. The Hall–Kier alpha value is -2.37. The van der Waals surface area contributed by atoms with Crippen LogP contribution in [-0.4, -0.2) is 36.1 Å². The largest absolute Gasteiger partial charge is 0.478 e. The molecule has 0 saturated heterocycles. The zero-order valence-corrected chi connectivity index (χ0v) is 12.3. The number of carbonyl (C=O) groups is 3. The molecule has 0 fully saturated rings. The van der Waals surface area contributed by atoms with Crippen LogP contribution in [-0.2, 0) is 20.7 Å². The summed E-state index contributed by atoms with van der Waals surface area (Å²) in [4.78, 5) is 34.7. The molecule has 1 rings (SSSR count). The van der Waals surface area contributed by atoms with Gasteiger partial charge in [0.05, 0.1) is 19.1 Å². The number of nitrogens with one attached hydrogen (secondary N) is 1. The Morgan fingerprint density at radius 2 is 1.86 bits per heavy atom. The van der Waals surface area contributed by atoms with Gasteiger partial charge in [0.1, 0.15) is 6.04 Å². The molecule has 6 heteroatoms. The third kappa shape index (κ3) is 4.59. The number of hydrogen-bond acceptors (Lipinski definition) is 4. The van der Waals surface area contributed by atoms with E-state index in [2.05, 4.69) is 10.1 Å². The van der Waals surface area contributed by atoms with Crippen LogP contribution >= 0.6 is 0 Å². The number of ether oxygens (including phenoxy) is 1. The highest BCUT2D eigenvalue weighted by Gasteiger charge is 2.25. The molecular formula is C15H19NO5. The van der Waals surface area contributed by atoms with Gasteiger partial charge in [-0.15, -0.1) is 0 Å². The van der Waals surface area contributed by atoms with E-state index in [0.29, 0.717) is 5.56 Å². The van der Waals surface area contributed by atoms with Crippen molar-refractivity contribution >= 4 is 17.8 Å². The molecule has 114 valence electrons. The van der Waals surface area contributed by atoms with Crippen molar-refractivity contribution < 1.29 is 24.2 Å². The molecule has 1 amide bonds. The van der Waals surface area contributed by atoms with Crippen molar-refractivity contribution in [1.82, 2.24) is 5.32 Å². The molecule has 1 aromatic rings. The highest BCUT2D eigenvalue weighted by Crippen LogP contribution is 2.10. The van der Waals surface area contributed by atoms with Gasteiger partial charge >= 0.3 is 11.9 Å². The van der Waals surface area contributed by atoms with Crippen molar-refractivity contribution in [3.63, 3.8) is 0 Å². The Bertz CT molecular complexity index is 539. The van der Waals surface area contributed by atoms with E-state index >= 15 is 0 Å². The molecule has 21 heavy (non-hydrogen) atoms. The number of rotatable bonds is 6. The van der Waals surface area contributed by atoms with Crippen molar-refractivity contribution in [2.75, 3.05) is 7.11 Å². The van der Waals surface area contributed by atoms with Gasteiger partial charge in [-0.3, -0.25) is 4.79 Å². The number of hydrogen-bond donors (Lipinski definition) is 2. The monoisotopic (exact) mass is 293 g/mol. The molecular weight excluding hydrogens is 274 g/mol. The van der Waals surface area contributed by atoms with E-state index in [4.69, 9.17) is 5.11 Å². The molecule has 0 aromatic heterocycles. The first-order valence-electron chi connectivity index (χ1n) is 6.55. The van der Waals surface area contributed by atoms with Crippen molar-refractivity contribution in [2.45, 2.75) is 26.3 Å². The maximum atomic E-state index is 12.0. The lowest BCUT2D eigenvalue weighted by Crippen LogP contribution is -2.45. The van der Waals surface area contributed by atoms with Gasteiger partial charge in [-0.1, -0.05) is 32.0 Å². The molecule has 0 aliphatic rings. The fourth-order valence-corrected chi connectivity index (χ4v) is 1.91. The molecule has 6 nitrogen and oxygen atoms in total. The topological polar surface area (TPSA) is 92.7 Å². The first-order chi connectivity index (χ1) is 9.86. The summed E-state index contributed by atoms with van der Waals surface area (Å²) >= 11 is 0. The molecule has 1 atom stereocenters. The number of carboxylic acids is 1. The van der Waals surface area contributed by atoms with Crippen LogP contribution in [0.25, 0.3) is 0 Å². The van der Waals surface area contributed by atoms with Crippen molar-refractivity contribution in [1.29, 1.82) is 0 Å². The summed E-state index contributed by atoms with van der Waals surface area (Å²) < 4.78 is 4.64. The Kier molecular flexibility index (Phi) is 5.90. The Labute approximate surface area is 123 Å². The van der Waals surface area contributed by atoms with Crippen LogP contribution in [0.3, 0.4) is 0 Å². The van der Waals surface area contributed by atoms with E-state index in [0.717, 1.165) is 0 Å². The van der Waals surface area contributed by atoms with E-state index < -0.39 is 23.9 Å². The van der Waals surface area contributed by atoms with Crippen LogP contribution < -0.4 is 5.32 Å². The molecule has 0 radical (unpaired) electrons. The van der Waals surface area contributed by atoms with Gasteiger partial charge in [0.15, 0.2) is 0 Å². The molecule has 0 heterocycles. The molecule has 0 aliphatic heterocycles. The zero-order chi connectivity index (χ0) is 16.0. The quantitative estimate of drug-likeness (QED) is 0.770. The van der Waals surface area contributed by atoms with Crippen LogP contribution in [0, 0.1) is 5.92 Å². The predicted molar refractivity (Wildman–Crippen MR) is 75.9 cm³/mol. The number of carboxylic acid groups (broad SMARTS) is 1. The minimum absolute atomic E-state index is 0.0758. The minimum Gasteiger partial charge on any atom is -0.478 e. The summed E-state index contributed by atoms with van der Waals surface area (Å²) in [5.74, 6) is -2.17. The third-order valence-corrected chi connectivity index (χ3v) is 3.04. The van der Waals surface area contributed by atoms with Crippen molar-refractivity contribution in [2.24, 2.45) is 5.92 Å². The molecule has 0 bridgehead atoms. The van der Waals surface area contributed by atoms with Crippen molar-refractivity contribution in [3.05, 3.63) is 35.4 Å². The van der Waals surface area contributed by atoms with Gasteiger partial charge in [-0.05, 0) is 17.5 Å². The highest BCUT2D eigenvalue weighted by molar-refractivity contribution is 5.92. The van der Waals surface area contributed by atoms with E-state index in [1.54, 1.807) is 32.0 Å². The number of esters is 1. The van der Waals surface area contributed by atoms with Gasteiger partial charge in [0.2, 0.25) is 5.91 Å². The maximum absolute atomic E-state index is 12.0. The van der Waals surface area contributed by atoms with Crippen LogP contribution in [0.2, 0.25) is 0 Å². The second kappa shape index (κ2) is 7.42. The summed E-state index contributed by atoms with van der Waals surface area (Å²) in [5, 5.41) is 11.6. The van der Waals surface area contributed by atoms with E-state index in [9.17, 15) is 14.4 Å². The summed E-state index contributed by atoms with van der Waals surface area (Å²) in [5.41, 5.74) is 0.474. The average Bonchev–Trinajstić information content (AvgIpc) is 2.44. The number of methoxy groups -OCH3 is 1. The van der Waals surface area contributed by atoms with Crippen LogP contribution in [0.4, 0.5) is 0 Å². The standard InChI is InChI=1S/C15H19NO5/c1-9(2)13(15(20)21-3)16-12(17)8-10-6-4-5-7-11(10)14(18)19/h4-7,9,13H,8H2,1-3H3,(H,16,17)(H,18,19)/t13-/m0/s1. The fourth-order valence-electron chi connectivity index (χ4n) is 1.91. The highest BCUT2D eigenvalue weighted by atomic mass is 16.5. The summed E-state index contributed by atoms with van der Waals surface area (Å²) in [7, 11) is 1.25. The van der Waals surface area contributed by atoms with Crippen molar-refractivity contribution in [3.8, 4) is 0 Å². The zero-order valence-electron chi connectivity index (χ0n) is 12.3. The summed E-state index contributed by atoms with van der Waals surface area (Å²) in [6, 6.07) is 5.52. The second-order valence-electron chi connectivity index (χ2n) is 4.95. The second-order valence-corrected chi connectivity index (χ2v) is 4.95. The normalized spacial score (nSPS) is 11.8. The molecule has 0 saturated carbocycles. The lowest BCUT2D eigenvalue weighted by Gasteiger charge is -2.20. The molecule has 1 aromatic carbocycles. The van der Waals surface area contributed by atoms with Gasteiger partial charge in [-0.2, -0.15) is 0 Å². The molecule has 0 aliphatic carbocycles. The van der Waals surface area contributed by atoms with Crippen LogP contribution in [0.5, 0.6) is 0 Å². The fraction of sp³-hybridized carbons (Fsp3) is 0.400. The Morgan fingerprint density at radius 1 is 1.24 bits per heavy atom. The van der Waals surface area contributed by atoms with Gasteiger partial charge in [-0.25, -0.2) is 9.59 Å². The lowest BCUT2D eigenvalue weighted by atomic mass is 10.0. The van der Waals surface area contributed by atoms with E-state index in [1.807, 2.05) is 0 Å². The number of aromatic carboxylic acids is 1. The number of amides is 1. The lowest BCUT2D eigenvalue weighted by molar-refractivity contribution is -0.146. The molecule has 2 N–H and O–H groups in total. The minimum atomic E-state index is -1.09. The van der Waals surface area contributed by atoms with Gasteiger partial charge < -0.3 is 15.2 Å². The van der Waals surface area contributed by atoms with Crippen LogP contribution in [0.1, 0.15) is 29.8 Å². The van der Waals surface area contributed by atoms with E-state index in [1.165, 1.54) is 13.2 Å². The molecule has 0 spiro atoms. The Balaban J connectivity index is 2.82. The predicted octanol–water partition coefficient (Wildman–Crippen LogP) is 1.24. The average molecular weight is 293 g/mol. The number of carbonyl (C=O) groups excluding carboxylic acids is 2. The first-order valence-corrected chi connectivity index (χ1v) is 6.55. The summed E-state index contributed by atoms with van der Waals surface area (Å²) in [6.07, 6.45) is -0.108. The smallest absolute Gasteiger partial charge is 0.335 e. The summed E-state index contributed by atoms with van der Waals surface area (Å²) in [6.45, 7) is 3.57. The third-order valence-electron chi connectivity index (χ3n) is 3.04. The SMILES string of the molecule is COC(=O)[C@@H](NC(=O)Cc1ccccc1C(=O)O)C(C)C. The Morgan fingerprint density at radius 3 is 2.38 bits per heavy atom. The van der Waals surface area contributed by atoms with Crippen LogP contribution in [0.15, 0.2) is 24.3 Å². The number of benzene rings is 1. The molecule has 0 unspecified atom stereocenters. The van der Waals surface area contributed by atoms with Gasteiger partial charge in [0, 0.05) is 0 Å². The first kappa shape index (κ1) is 16.7. The van der Waals surface area contributed by atoms with Gasteiger partial charge in [0.25, 0.3) is 0 Å².